The van der Waals surface area contributed by atoms with Gasteiger partial charge in [0.15, 0.2) is 0 Å². The minimum absolute atomic E-state index is 0.149. The molecule has 0 rings (SSSR count). The monoisotopic (exact) mass is 90.0 g/mol. The molecule has 0 saturated heterocycles. The van der Waals surface area contributed by atoms with Crippen LogP contribution in [0.5, 0.6) is 0 Å². The fourth-order valence-corrected chi connectivity index (χ4v) is 0.0896. The van der Waals surface area contributed by atoms with E-state index < -0.39 is 0 Å². The average Bonchev–Trinajstić information content (AvgIpc) is 1.41. The zero-order chi connectivity index (χ0) is 4.12. The molecule has 0 aromatic heterocycles. The van der Waals surface area contributed by atoms with Gasteiger partial charge in [0, 0.05) is 5.38 Å². The predicted octanol–water partition coefficient (Wildman–Crippen LogP) is 0.178. The van der Waals surface area contributed by atoms with E-state index in [1.54, 1.807) is 0 Å². The van der Waals surface area contributed by atoms with Crippen molar-refractivity contribution in [3.05, 3.63) is 0 Å². The van der Waals surface area contributed by atoms with Crippen molar-refractivity contribution < 1.29 is 5.11 Å². The van der Waals surface area contributed by atoms with Gasteiger partial charge in [-0.2, -0.15) is 0 Å². The Kier molecular flexibility index (Phi) is 3.67. The lowest BCUT2D eigenvalue weighted by Gasteiger charge is -1.58. The Morgan fingerprint density at radius 2 is 2.40 bits per heavy atom. The Bertz CT molecular complexity index is 59.0. The van der Waals surface area contributed by atoms with E-state index in [0.717, 1.165) is 0 Å². The van der Waals surface area contributed by atoms with Crippen LogP contribution in [-0.2, 0) is 0 Å². The maximum absolute atomic E-state index is 7.81. The number of hydrogen-bond acceptors (Lipinski definition) is 1. The summed E-state index contributed by atoms with van der Waals surface area (Å²) in [6, 6.07) is 0. The van der Waals surface area contributed by atoms with Gasteiger partial charge in [0.1, 0.15) is 6.61 Å². The highest BCUT2D eigenvalue weighted by atomic mass is 35.5. The first-order valence-electron chi connectivity index (χ1n) is 1.11. The quantitative estimate of drug-likeness (QED) is 0.421. The van der Waals surface area contributed by atoms with Gasteiger partial charge in [0.2, 0.25) is 0 Å². The van der Waals surface area contributed by atoms with E-state index in [-0.39, 0.29) is 6.61 Å². The summed E-state index contributed by atoms with van der Waals surface area (Å²) >= 11 is 4.78. The lowest BCUT2D eigenvalue weighted by molar-refractivity contribution is 0.350. The van der Waals surface area contributed by atoms with Gasteiger partial charge in [-0.05, 0) is 11.6 Å². The molecule has 0 aromatic carbocycles. The van der Waals surface area contributed by atoms with E-state index in [9.17, 15) is 0 Å². The van der Waals surface area contributed by atoms with Crippen LogP contribution in [0, 0.1) is 11.3 Å². The first-order valence-corrected chi connectivity index (χ1v) is 1.49. The third-order valence-corrected chi connectivity index (χ3v) is 0.280. The first kappa shape index (κ1) is 4.81. The van der Waals surface area contributed by atoms with Gasteiger partial charge in [-0.25, -0.2) is 0 Å². The zero-order valence-electron chi connectivity index (χ0n) is 2.53. The van der Waals surface area contributed by atoms with Gasteiger partial charge in [0.05, 0.1) is 0 Å². The Labute approximate surface area is 35.6 Å². The normalized spacial score (nSPS) is 5.20. The predicted molar refractivity (Wildman–Crippen MR) is 20.7 cm³/mol. The summed E-state index contributed by atoms with van der Waals surface area (Å²) in [5.74, 6) is 2.18. The number of rotatable bonds is 0. The molecule has 0 bridgehead atoms. The minimum Gasteiger partial charge on any atom is -0.384 e. The minimum atomic E-state index is -0.149. The van der Waals surface area contributed by atoms with Gasteiger partial charge in [-0.3, -0.25) is 0 Å². The Morgan fingerprint density at radius 1 is 1.80 bits per heavy atom. The SMILES string of the molecule is OCC#CCl. The Hall–Kier alpha value is -0.190. The molecule has 0 aliphatic rings. The second kappa shape index (κ2) is 3.81. The summed E-state index contributed by atoms with van der Waals surface area (Å²) in [4.78, 5) is 0. The molecule has 0 heterocycles. The summed E-state index contributed by atoms with van der Waals surface area (Å²) in [7, 11) is 0. The van der Waals surface area contributed by atoms with Crippen molar-refractivity contribution in [3.63, 3.8) is 0 Å². The van der Waals surface area contributed by atoms with E-state index in [2.05, 4.69) is 5.92 Å². The van der Waals surface area contributed by atoms with Crippen molar-refractivity contribution in [1.82, 2.24) is 0 Å². The van der Waals surface area contributed by atoms with Gasteiger partial charge in [-0.15, -0.1) is 0 Å². The highest BCUT2D eigenvalue weighted by molar-refractivity contribution is 6.30. The number of aliphatic hydroxyl groups is 1. The number of hydrogen-bond donors (Lipinski definition) is 1. The third-order valence-electron chi connectivity index (χ3n) is 0.146. The molecule has 0 fully saturated rings. The third kappa shape index (κ3) is 3.81. The standard InChI is InChI=1S/C3H3ClO/c4-2-1-3-5/h5H,3H2. The van der Waals surface area contributed by atoms with E-state index >= 15 is 0 Å². The molecule has 0 aliphatic carbocycles. The topological polar surface area (TPSA) is 20.2 Å². The lowest BCUT2D eigenvalue weighted by atomic mass is 10.8. The summed E-state index contributed by atoms with van der Waals surface area (Å²) in [6.45, 7) is -0.149. The lowest BCUT2D eigenvalue weighted by Crippen LogP contribution is -1.66. The second-order valence-corrected chi connectivity index (χ2v) is 0.618. The zero-order valence-corrected chi connectivity index (χ0v) is 3.29. The van der Waals surface area contributed by atoms with Gasteiger partial charge < -0.3 is 5.11 Å². The van der Waals surface area contributed by atoms with E-state index in [4.69, 9.17) is 16.7 Å². The van der Waals surface area contributed by atoms with E-state index in [1.807, 2.05) is 5.38 Å². The molecule has 0 saturated carbocycles. The van der Waals surface area contributed by atoms with Crippen LogP contribution in [-0.4, -0.2) is 11.7 Å². The molecule has 2 heteroatoms. The summed E-state index contributed by atoms with van der Waals surface area (Å²) in [6.07, 6.45) is 0. The Morgan fingerprint density at radius 3 is 2.40 bits per heavy atom. The van der Waals surface area contributed by atoms with Crippen molar-refractivity contribution in [2.45, 2.75) is 0 Å². The van der Waals surface area contributed by atoms with Crippen molar-refractivity contribution in [1.29, 1.82) is 0 Å². The van der Waals surface area contributed by atoms with Crippen LogP contribution < -0.4 is 0 Å². The average molecular weight is 90.5 g/mol. The van der Waals surface area contributed by atoms with Crippen LogP contribution in [0.2, 0.25) is 0 Å². The summed E-state index contributed by atoms with van der Waals surface area (Å²) in [5, 5.41) is 9.80. The highest BCUT2D eigenvalue weighted by Gasteiger charge is 1.50. The van der Waals surface area contributed by atoms with Crippen LogP contribution in [0.4, 0.5) is 0 Å². The summed E-state index contributed by atoms with van der Waals surface area (Å²) < 4.78 is 0. The van der Waals surface area contributed by atoms with E-state index in [1.165, 1.54) is 0 Å². The molecule has 0 atom stereocenters. The van der Waals surface area contributed by atoms with Crippen molar-refractivity contribution in [2.75, 3.05) is 6.61 Å². The fraction of sp³-hybridized carbons (Fsp3) is 0.333. The molecule has 0 radical (unpaired) electrons. The maximum Gasteiger partial charge on any atom is 0.105 e. The molecule has 0 unspecified atom stereocenters. The van der Waals surface area contributed by atoms with E-state index in [0.29, 0.717) is 0 Å². The van der Waals surface area contributed by atoms with Crippen molar-refractivity contribution >= 4 is 11.6 Å². The molecule has 0 amide bonds. The van der Waals surface area contributed by atoms with Crippen LogP contribution in [0.15, 0.2) is 0 Å². The molecular weight excluding hydrogens is 87.5 g/mol. The molecular formula is C3H3ClO. The smallest absolute Gasteiger partial charge is 0.105 e. The van der Waals surface area contributed by atoms with Gasteiger partial charge >= 0.3 is 0 Å². The van der Waals surface area contributed by atoms with Crippen LogP contribution in [0.1, 0.15) is 0 Å². The molecule has 1 nitrogen and oxygen atoms in total. The van der Waals surface area contributed by atoms with Crippen molar-refractivity contribution in [3.8, 4) is 11.3 Å². The van der Waals surface area contributed by atoms with Gasteiger partial charge in [0.25, 0.3) is 0 Å². The van der Waals surface area contributed by atoms with Crippen LogP contribution >= 0.6 is 11.6 Å². The second-order valence-electron chi connectivity index (χ2n) is 0.429. The first-order chi connectivity index (χ1) is 2.41. The Balaban J connectivity index is 2.81. The molecule has 0 aromatic rings. The molecule has 28 valence electrons. The van der Waals surface area contributed by atoms with Gasteiger partial charge in [-0.1, -0.05) is 5.92 Å². The van der Waals surface area contributed by atoms with Crippen LogP contribution in [0.25, 0.3) is 0 Å². The van der Waals surface area contributed by atoms with Crippen molar-refractivity contribution in [2.24, 2.45) is 0 Å². The maximum atomic E-state index is 7.81. The fourth-order valence-electron chi connectivity index (χ4n) is 0.0299. The summed E-state index contributed by atoms with van der Waals surface area (Å²) in [5.41, 5.74) is 0. The highest BCUT2D eigenvalue weighted by Crippen LogP contribution is 1.57. The number of halogens is 1. The molecule has 5 heavy (non-hydrogen) atoms. The molecule has 0 spiro atoms. The largest absolute Gasteiger partial charge is 0.384 e. The molecule has 0 aliphatic heterocycles. The molecule has 1 N–H and O–H groups in total. The van der Waals surface area contributed by atoms with Crippen LogP contribution in [0.3, 0.4) is 0 Å². The number of aliphatic hydroxyl groups excluding tert-OH is 1.